The molecule has 4 nitrogen and oxygen atoms in total. The highest BCUT2D eigenvalue weighted by atomic mass is 16.4. The summed E-state index contributed by atoms with van der Waals surface area (Å²) in [4.78, 5) is 0. The van der Waals surface area contributed by atoms with Crippen molar-refractivity contribution in [3.05, 3.63) is 34.9 Å². The molecule has 0 spiro atoms. The minimum absolute atomic E-state index is 0.0283. The molecule has 4 N–H and O–H groups in total. The van der Waals surface area contributed by atoms with Gasteiger partial charge < -0.3 is 20.4 Å². The molecule has 0 heterocycles. The molecule has 0 saturated heterocycles. The first-order valence-corrected chi connectivity index (χ1v) is 5.88. The second-order valence-electron chi connectivity index (χ2n) is 4.60. The lowest BCUT2D eigenvalue weighted by Gasteiger charge is -2.23. The zero-order valence-electron chi connectivity index (χ0n) is 9.58. The fraction of sp³-hybridized carbons (Fsp3) is 0.538. The molecular weight excluding hydrogens is 220 g/mol. The molecule has 1 aliphatic rings. The zero-order chi connectivity index (χ0) is 12.4. The maximum atomic E-state index is 9.92. The molecule has 94 valence electrons. The molecule has 17 heavy (non-hydrogen) atoms. The van der Waals surface area contributed by atoms with Crippen LogP contribution < -0.4 is 0 Å². The molecule has 1 aromatic carbocycles. The van der Waals surface area contributed by atoms with E-state index in [2.05, 4.69) is 0 Å². The van der Waals surface area contributed by atoms with Crippen molar-refractivity contribution in [1.82, 2.24) is 0 Å². The molecule has 1 aromatic rings. The highest BCUT2D eigenvalue weighted by Gasteiger charge is 2.22. The Morgan fingerprint density at radius 3 is 2.24 bits per heavy atom. The van der Waals surface area contributed by atoms with E-state index in [1.807, 2.05) is 18.2 Å². The van der Waals surface area contributed by atoms with Crippen molar-refractivity contribution in [2.45, 2.75) is 37.6 Å². The first-order valence-electron chi connectivity index (χ1n) is 5.88. The fourth-order valence-electron chi connectivity index (χ4n) is 2.07. The van der Waals surface area contributed by atoms with Crippen LogP contribution in [-0.2, 0) is 12.8 Å². The number of hydrogen-bond donors (Lipinski definition) is 4. The van der Waals surface area contributed by atoms with E-state index in [4.69, 9.17) is 5.11 Å². The van der Waals surface area contributed by atoms with Crippen LogP contribution in [0, 0.1) is 0 Å². The third-order valence-electron chi connectivity index (χ3n) is 3.37. The monoisotopic (exact) mass is 238 g/mol. The van der Waals surface area contributed by atoms with Gasteiger partial charge >= 0.3 is 0 Å². The summed E-state index contributed by atoms with van der Waals surface area (Å²) in [6.07, 6.45) is -0.954. The SMILES string of the molecule is OC[C@H](O)[C@H](O)C[C@H](O)c1ccc2c(c1)CC2. The standard InChI is InChI=1S/C13H18O4/c14-7-13(17)12(16)6-11(15)10-4-2-8-1-3-9(8)5-10/h2,4-5,11-17H,1,3,6-7H2/t11-,12+,13-/m0/s1. The summed E-state index contributed by atoms with van der Waals surface area (Å²) in [6.45, 7) is -0.502. The molecule has 2 rings (SSSR count). The van der Waals surface area contributed by atoms with Gasteiger partial charge in [-0.15, -0.1) is 0 Å². The number of aliphatic hydroxyl groups excluding tert-OH is 4. The van der Waals surface area contributed by atoms with Gasteiger partial charge in [0.1, 0.15) is 6.10 Å². The van der Waals surface area contributed by atoms with Gasteiger partial charge in [0.15, 0.2) is 0 Å². The van der Waals surface area contributed by atoms with Crippen LogP contribution in [0.2, 0.25) is 0 Å². The van der Waals surface area contributed by atoms with E-state index in [0.717, 1.165) is 18.4 Å². The van der Waals surface area contributed by atoms with Crippen LogP contribution in [-0.4, -0.2) is 39.2 Å². The summed E-state index contributed by atoms with van der Waals surface area (Å²) >= 11 is 0. The lowest BCUT2D eigenvalue weighted by molar-refractivity contribution is -0.0367. The van der Waals surface area contributed by atoms with Crippen LogP contribution in [0.4, 0.5) is 0 Å². The molecule has 1 aliphatic carbocycles. The first kappa shape index (κ1) is 12.5. The highest BCUT2D eigenvalue weighted by molar-refractivity contribution is 5.39. The molecule has 0 radical (unpaired) electrons. The summed E-state index contributed by atoms with van der Waals surface area (Å²) in [5.74, 6) is 0. The van der Waals surface area contributed by atoms with Gasteiger partial charge in [-0.25, -0.2) is 0 Å². The van der Waals surface area contributed by atoms with Gasteiger partial charge in [0, 0.05) is 6.42 Å². The molecule has 0 saturated carbocycles. The number of fused-ring (bicyclic) bond motifs is 1. The van der Waals surface area contributed by atoms with Crippen molar-refractivity contribution in [2.24, 2.45) is 0 Å². The molecule has 4 heteroatoms. The Morgan fingerprint density at radius 2 is 1.71 bits per heavy atom. The average molecular weight is 238 g/mol. The van der Waals surface area contributed by atoms with Gasteiger partial charge in [0.05, 0.1) is 18.8 Å². The van der Waals surface area contributed by atoms with E-state index in [1.165, 1.54) is 11.1 Å². The van der Waals surface area contributed by atoms with E-state index in [0.29, 0.717) is 0 Å². The summed E-state index contributed by atoms with van der Waals surface area (Å²) < 4.78 is 0. The van der Waals surface area contributed by atoms with E-state index < -0.39 is 24.9 Å². The Balaban J connectivity index is 1.99. The smallest absolute Gasteiger partial charge is 0.103 e. The highest BCUT2D eigenvalue weighted by Crippen LogP contribution is 2.28. The van der Waals surface area contributed by atoms with Gasteiger partial charge in [0.2, 0.25) is 0 Å². The molecule has 0 aromatic heterocycles. The Labute approximate surface area is 100 Å². The molecule has 0 unspecified atom stereocenters. The lowest BCUT2D eigenvalue weighted by Crippen LogP contribution is -2.30. The second kappa shape index (κ2) is 5.14. The van der Waals surface area contributed by atoms with Crippen molar-refractivity contribution >= 4 is 0 Å². The van der Waals surface area contributed by atoms with Crippen LogP contribution in [0.15, 0.2) is 18.2 Å². The maximum absolute atomic E-state index is 9.92. The van der Waals surface area contributed by atoms with E-state index >= 15 is 0 Å². The molecule has 3 atom stereocenters. The van der Waals surface area contributed by atoms with Crippen molar-refractivity contribution in [3.63, 3.8) is 0 Å². The van der Waals surface area contributed by atoms with Gasteiger partial charge in [-0.1, -0.05) is 18.2 Å². The Morgan fingerprint density at radius 1 is 1.00 bits per heavy atom. The Hall–Kier alpha value is -0.940. The van der Waals surface area contributed by atoms with Gasteiger partial charge in [-0.3, -0.25) is 0 Å². The predicted octanol–water partition coefficient (Wildman–Crippen LogP) is -0.0772. The lowest BCUT2D eigenvalue weighted by atomic mass is 9.86. The van der Waals surface area contributed by atoms with Crippen LogP contribution in [0.25, 0.3) is 0 Å². The van der Waals surface area contributed by atoms with E-state index in [9.17, 15) is 15.3 Å². The average Bonchev–Trinajstić information content (AvgIpc) is 2.29. The minimum atomic E-state index is -1.20. The quantitative estimate of drug-likeness (QED) is 0.578. The third kappa shape index (κ3) is 2.66. The van der Waals surface area contributed by atoms with Gasteiger partial charge in [0.25, 0.3) is 0 Å². The molecular formula is C13H18O4. The first-order chi connectivity index (χ1) is 8.11. The van der Waals surface area contributed by atoms with Crippen molar-refractivity contribution < 1.29 is 20.4 Å². The number of aryl methyl sites for hydroxylation is 2. The van der Waals surface area contributed by atoms with Gasteiger partial charge in [-0.2, -0.15) is 0 Å². The predicted molar refractivity (Wildman–Crippen MR) is 62.5 cm³/mol. The topological polar surface area (TPSA) is 80.9 Å². The second-order valence-corrected chi connectivity index (χ2v) is 4.60. The van der Waals surface area contributed by atoms with Crippen molar-refractivity contribution in [2.75, 3.05) is 6.61 Å². The fourth-order valence-corrected chi connectivity index (χ4v) is 2.07. The summed E-state index contributed by atoms with van der Waals surface area (Å²) in [7, 11) is 0. The van der Waals surface area contributed by atoms with Crippen molar-refractivity contribution in [3.8, 4) is 0 Å². The van der Waals surface area contributed by atoms with Crippen LogP contribution in [0.5, 0.6) is 0 Å². The Kier molecular flexibility index (Phi) is 3.79. The third-order valence-corrected chi connectivity index (χ3v) is 3.37. The maximum Gasteiger partial charge on any atom is 0.103 e. The minimum Gasteiger partial charge on any atom is -0.394 e. The number of rotatable bonds is 5. The van der Waals surface area contributed by atoms with E-state index in [-0.39, 0.29) is 6.42 Å². The van der Waals surface area contributed by atoms with Crippen LogP contribution in [0.3, 0.4) is 0 Å². The number of benzene rings is 1. The van der Waals surface area contributed by atoms with Crippen LogP contribution >= 0.6 is 0 Å². The van der Waals surface area contributed by atoms with E-state index in [1.54, 1.807) is 0 Å². The molecule has 0 aliphatic heterocycles. The largest absolute Gasteiger partial charge is 0.394 e. The molecule has 0 fully saturated rings. The summed E-state index contributed by atoms with van der Waals surface area (Å²) in [6, 6.07) is 5.79. The molecule has 0 bridgehead atoms. The van der Waals surface area contributed by atoms with Crippen molar-refractivity contribution in [1.29, 1.82) is 0 Å². The zero-order valence-corrected chi connectivity index (χ0v) is 9.58. The Bertz CT molecular complexity index is 391. The summed E-state index contributed by atoms with van der Waals surface area (Å²) in [5.41, 5.74) is 3.32. The number of hydrogen-bond acceptors (Lipinski definition) is 4. The normalized spacial score (nSPS) is 19.1. The van der Waals surface area contributed by atoms with Gasteiger partial charge in [-0.05, 0) is 29.5 Å². The number of aliphatic hydroxyl groups is 4. The molecule has 0 amide bonds. The summed E-state index contributed by atoms with van der Waals surface area (Å²) in [5, 5.41) is 37.3. The van der Waals surface area contributed by atoms with Crippen LogP contribution in [0.1, 0.15) is 29.2 Å².